The van der Waals surface area contributed by atoms with E-state index in [1.54, 1.807) is 0 Å². The summed E-state index contributed by atoms with van der Waals surface area (Å²) < 4.78 is 0. The molecule has 0 saturated heterocycles. The highest BCUT2D eigenvalue weighted by molar-refractivity contribution is 5.93. The minimum Gasteiger partial charge on any atom is -0.367 e. The average molecular weight is 249 g/mol. The van der Waals surface area contributed by atoms with Crippen molar-refractivity contribution in [3.8, 4) is 0 Å². The normalized spacial score (nSPS) is 16.6. The molecule has 0 radical (unpaired) electrons. The van der Waals surface area contributed by atoms with Crippen LogP contribution in [0.2, 0.25) is 0 Å². The van der Waals surface area contributed by atoms with Crippen molar-refractivity contribution in [1.29, 1.82) is 0 Å². The highest BCUT2D eigenvalue weighted by Gasteiger charge is 2.29. The zero-order chi connectivity index (χ0) is 13.1. The van der Waals surface area contributed by atoms with E-state index in [9.17, 15) is 9.59 Å². The van der Waals surface area contributed by atoms with Crippen LogP contribution >= 0.6 is 0 Å². The van der Waals surface area contributed by atoms with E-state index in [4.69, 9.17) is 0 Å². The monoisotopic (exact) mass is 249 g/mol. The lowest BCUT2D eigenvalue weighted by Gasteiger charge is -2.24. The van der Waals surface area contributed by atoms with Crippen molar-refractivity contribution >= 4 is 5.91 Å². The summed E-state index contributed by atoms with van der Waals surface area (Å²) in [7, 11) is 2.07. The maximum absolute atomic E-state index is 11.8. The largest absolute Gasteiger partial charge is 0.367 e. The van der Waals surface area contributed by atoms with Crippen molar-refractivity contribution in [2.45, 2.75) is 31.8 Å². The van der Waals surface area contributed by atoms with E-state index in [2.05, 4.69) is 29.2 Å². The number of carbonyl (C=O) groups is 1. The Kier molecular flexibility index (Phi) is 3.81. The Balaban J connectivity index is 1.88. The summed E-state index contributed by atoms with van der Waals surface area (Å²) in [4.78, 5) is 28.3. The molecule has 1 unspecified atom stereocenters. The molecule has 0 spiro atoms. The number of amides is 1. The van der Waals surface area contributed by atoms with Gasteiger partial charge in [-0.15, -0.1) is 0 Å². The highest BCUT2D eigenvalue weighted by atomic mass is 16.2. The Morgan fingerprint density at radius 3 is 2.94 bits per heavy atom. The van der Waals surface area contributed by atoms with Gasteiger partial charge in [-0.05, 0) is 26.8 Å². The third-order valence-corrected chi connectivity index (χ3v) is 3.44. The number of aromatic amines is 1. The fourth-order valence-corrected chi connectivity index (χ4v) is 1.91. The second-order valence-electron chi connectivity index (χ2n) is 4.88. The summed E-state index contributed by atoms with van der Waals surface area (Å²) in [5.74, 6) is -0.312. The molecule has 1 heterocycles. The van der Waals surface area contributed by atoms with E-state index in [1.807, 2.05) is 0 Å². The first-order valence-electron chi connectivity index (χ1n) is 6.27. The van der Waals surface area contributed by atoms with E-state index < -0.39 is 0 Å². The van der Waals surface area contributed by atoms with E-state index in [-0.39, 0.29) is 22.9 Å². The second kappa shape index (κ2) is 5.35. The Bertz CT molecular complexity index is 479. The van der Waals surface area contributed by atoms with Crippen molar-refractivity contribution in [1.82, 2.24) is 15.2 Å². The molecule has 1 atom stereocenters. The van der Waals surface area contributed by atoms with Crippen LogP contribution in [0.5, 0.6) is 0 Å². The second-order valence-corrected chi connectivity index (χ2v) is 4.88. The maximum atomic E-state index is 11.8. The fraction of sp³-hybridized carbons (Fsp3) is 0.538. The summed E-state index contributed by atoms with van der Waals surface area (Å²) >= 11 is 0. The van der Waals surface area contributed by atoms with Gasteiger partial charge in [0.05, 0.1) is 0 Å². The lowest BCUT2D eigenvalue weighted by Crippen LogP contribution is -2.42. The van der Waals surface area contributed by atoms with E-state index in [0.717, 1.165) is 0 Å². The molecule has 1 aromatic heterocycles. The smallest absolute Gasteiger partial charge is 0.256 e. The van der Waals surface area contributed by atoms with E-state index in [1.165, 1.54) is 31.3 Å². The van der Waals surface area contributed by atoms with Gasteiger partial charge in [0.1, 0.15) is 5.56 Å². The quantitative estimate of drug-likeness (QED) is 0.802. The van der Waals surface area contributed by atoms with Crippen molar-refractivity contribution in [2.75, 3.05) is 13.6 Å². The van der Waals surface area contributed by atoms with Gasteiger partial charge in [0.2, 0.25) is 0 Å². The van der Waals surface area contributed by atoms with Crippen molar-refractivity contribution in [3.05, 3.63) is 34.2 Å². The third-order valence-electron chi connectivity index (χ3n) is 3.44. The topological polar surface area (TPSA) is 65.2 Å². The lowest BCUT2D eigenvalue weighted by atomic mass is 10.2. The van der Waals surface area contributed by atoms with Crippen LogP contribution in [0, 0.1) is 0 Å². The number of nitrogens with one attached hydrogen (secondary N) is 2. The third kappa shape index (κ3) is 2.98. The molecule has 0 aliphatic heterocycles. The van der Waals surface area contributed by atoms with E-state index >= 15 is 0 Å². The van der Waals surface area contributed by atoms with Crippen molar-refractivity contribution in [3.63, 3.8) is 0 Å². The molecule has 1 aliphatic carbocycles. The van der Waals surface area contributed by atoms with Crippen molar-refractivity contribution in [2.24, 2.45) is 0 Å². The van der Waals surface area contributed by atoms with E-state index in [0.29, 0.717) is 12.6 Å². The zero-order valence-corrected chi connectivity index (χ0v) is 10.8. The first-order valence-corrected chi connectivity index (χ1v) is 6.27. The van der Waals surface area contributed by atoms with Gasteiger partial charge in [-0.25, -0.2) is 0 Å². The predicted octanol–water partition coefficient (Wildman–Crippen LogP) is 0.587. The molecule has 0 aromatic carbocycles. The summed E-state index contributed by atoms with van der Waals surface area (Å²) in [5, 5.41) is 2.80. The van der Waals surface area contributed by atoms with Gasteiger partial charge >= 0.3 is 0 Å². The van der Waals surface area contributed by atoms with Gasteiger partial charge in [-0.2, -0.15) is 0 Å². The average Bonchev–Trinajstić information content (AvgIpc) is 3.19. The number of hydrogen-bond donors (Lipinski definition) is 2. The maximum Gasteiger partial charge on any atom is 0.256 e. The first-order chi connectivity index (χ1) is 8.59. The molecule has 2 rings (SSSR count). The van der Waals surface area contributed by atoms with Crippen LogP contribution < -0.4 is 10.7 Å². The number of likely N-dealkylation sites (N-methyl/N-ethyl adjacent to an activating group) is 1. The molecule has 1 aliphatic rings. The molecule has 1 fully saturated rings. The Hall–Kier alpha value is -1.62. The van der Waals surface area contributed by atoms with Crippen LogP contribution in [0.3, 0.4) is 0 Å². The van der Waals surface area contributed by atoms with Crippen LogP contribution in [0.25, 0.3) is 0 Å². The summed E-state index contributed by atoms with van der Waals surface area (Å²) in [6.45, 7) is 2.63. The van der Waals surface area contributed by atoms with Crippen LogP contribution in [0.1, 0.15) is 30.1 Å². The van der Waals surface area contributed by atoms with Gasteiger partial charge in [-0.3, -0.25) is 14.5 Å². The first kappa shape index (κ1) is 12.8. The summed E-state index contributed by atoms with van der Waals surface area (Å²) in [6.07, 6.45) is 5.44. The SMILES string of the molecule is CC(CNC(=O)c1c[nH]ccc1=O)N(C)C1CC1. The summed E-state index contributed by atoms with van der Waals surface area (Å²) in [6, 6.07) is 2.30. The highest BCUT2D eigenvalue weighted by Crippen LogP contribution is 2.26. The van der Waals surface area contributed by atoms with Gasteiger partial charge in [0.25, 0.3) is 5.91 Å². The zero-order valence-electron chi connectivity index (χ0n) is 10.8. The predicted molar refractivity (Wildman–Crippen MR) is 69.6 cm³/mol. The van der Waals surface area contributed by atoms with Crippen LogP contribution in [-0.4, -0.2) is 41.5 Å². The number of rotatable bonds is 5. The molecule has 1 saturated carbocycles. The van der Waals surface area contributed by atoms with Gasteiger partial charge < -0.3 is 10.3 Å². The number of nitrogens with zero attached hydrogens (tertiary/aromatic N) is 1. The van der Waals surface area contributed by atoms with Gasteiger partial charge in [-0.1, -0.05) is 0 Å². The molecule has 1 aromatic rings. The van der Waals surface area contributed by atoms with Crippen molar-refractivity contribution < 1.29 is 4.79 Å². The molecule has 98 valence electrons. The Labute approximate surface area is 106 Å². The Morgan fingerprint density at radius 2 is 2.33 bits per heavy atom. The molecular formula is C13H19N3O2. The molecule has 5 nitrogen and oxygen atoms in total. The fourth-order valence-electron chi connectivity index (χ4n) is 1.91. The number of hydrogen-bond acceptors (Lipinski definition) is 3. The molecule has 1 amide bonds. The van der Waals surface area contributed by atoms with Gasteiger partial charge in [0, 0.05) is 37.1 Å². The Morgan fingerprint density at radius 1 is 1.61 bits per heavy atom. The standard InChI is InChI=1S/C13H19N3O2/c1-9(16(2)10-3-4-10)7-15-13(18)11-8-14-6-5-12(11)17/h5-6,8-10H,3-4,7H2,1-2H3,(H,14,17)(H,15,18). The minimum absolute atomic E-state index is 0.166. The van der Waals surface area contributed by atoms with Gasteiger partial charge in [0.15, 0.2) is 5.43 Å². The number of pyridine rings is 1. The molecule has 5 heteroatoms. The van der Waals surface area contributed by atoms with Crippen LogP contribution in [0.4, 0.5) is 0 Å². The number of carbonyl (C=O) groups excluding carboxylic acids is 1. The lowest BCUT2D eigenvalue weighted by molar-refractivity contribution is 0.0938. The molecule has 2 N–H and O–H groups in total. The molecular weight excluding hydrogens is 230 g/mol. The number of H-pyrrole nitrogens is 1. The molecule has 0 bridgehead atoms. The molecule has 18 heavy (non-hydrogen) atoms. The minimum atomic E-state index is -0.312. The summed E-state index contributed by atoms with van der Waals surface area (Å²) in [5.41, 5.74) is -0.0896. The number of aromatic nitrogens is 1. The van der Waals surface area contributed by atoms with Crippen LogP contribution in [-0.2, 0) is 0 Å². The van der Waals surface area contributed by atoms with Crippen LogP contribution in [0.15, 0.2) is 23.3 Å².